The molecule has 1 heterocycles. The maximum atomic E-state index is 4.59. The first-order valence-electron chi connectivity index (χ1n) is 9.67. The van der Waals surface area contributed by atoms with E-state index in [2.05, 4.69) is 80.4 Å². The van der Waals surface area contributed by atoms with Gasteiger partial charge in [0, 0.05) is 17.6 Å². The smallest absolute Gasteiger partial charge is 0.229 e. The summed E-state index contributed by atoms with van der Waals surface area (Å²) in [7, 11) is 0. The van der Waals surface area contributed by atoms with E-state index in [4.69, 9.17) is 0 Å². The summed E-state index contributed by atoms with van der Waals surface area (Å²) >= 11 is 3.51. The minimum absolute atomic E-state index is 0.527. The first-order chi connectivity index (χ1) is 14.1. The predicted octanol–water partition coefficient (Wildman–Crippen LogP) is 6.93. The summed E-state index contributed by atoms with van der Waals surface area (Å²) in [6.45, 7) is 6.26. The third-order valence-electron chi connectivity index (χ3n) is 4.89. The Morgan fingerprint density at radius 3 is 2.45 bits per heavy atom. The van der Waals surface area contributed by atoms with Gasteiger partial charge in [0.2, 0.25) is 5.95 Å². The van der Waals surface area contributed by atoms with Crippen molar-refractivity contribution in [2.45, 2.75) is 19.8 Å². The molecule has 1 saturated carbocycles. The van der Waals surface area contributed by atoms with Crippen LogP contribution >= 0.6 is 15.9 Å². The number of anilines is 3. The Hall–Kier alpha value is -2.92. The monoisotopic (exact) mass is 446 g/mol. The number of nitrogens with one attached hydrogen (secondary N) is 2. The molecule has 3 aromatic rings. The Morgan fingerprint density at radius 2 is 1.76 bits per heavy atom. The van der Waals surface area contributed by atoms with E-state index in [1.807, 2.05) is 30.3 Å². The first kappa shape index (κ1) is 19.4. The summed E-state index contributed by atoms with van der Waals surface area (Å²) in [5, 5.41) is 6.54. The number of nitrogens with zero attached hydrogens (tertiary/aromatic N) is 2. The van der Waals surface area contributed by atoms with Gasteiger partial charge in [0.1, 0.15) is 5.82 Å². The summed E-state index contributed by atoms with van der Waals surface area (Å²) in [5.41, 5.74) is 5.49. The molecule has 0 atom stereocenters. The zero-order valence-corrected chi connectivity index (χ0v) is 17.9. The van der Waals surface area contributed by atoms with Gasteiger partial charge in [-0.1, -0.05) is 54.6 Å². The highest BCUT2D eigenvalue weighted by molar-refractivity contribution is 9.10. The van der Waals surface area contributed by atoms with Crippen LogP contribution in [0.3, 0.4) is 0 Å². The van der Waals surface area contributed by atoms with E-state index >= 15 is 0 Å². The van der Waals surface area contributed by atoms with Crippen LogP contribution in [-0.2, 0) is 0 Å². The van der Waals surface area contributed by atoms with Crippen LogP contribution in [0.4, 0.5) is 17.5 Å². The lowest BCUT2D eigenvalue weighted by Gasteiger charge is -2.11. The highest BCUT2D eigenvalue weighted by Gasteiger charge is 2.22. The van der Waals surface area contributed by atoms with Crippen molar-refractivity contribution >= 4 is 33.4 Å². The second-order valence-corrected chi connectivity index (χ2v) is 8.13. The topological polar surface area (TPSA) is 49.8 Å². The number of rotatable bonds is 7. The molecule has 1 aliphatic rings. The summed E-state index contributed by atoms with van der Waals surface area (Å²) in [4.78, 5) is 8.95. The fraction of sp³-hybridized carbons (Fsp3) is 0.167. The van der Waals surface area contributed by atoms with Gasteiger partial charge in [-0.25, -0.2) is 4.98 Å². The van der Waals surface area contributed by atoms with Gasteiger partial charge in [0.15, 0.2) is 0 Å². The van der Waals surface area contributed by atoms with Crippen LogP contribution in [0, 0.1) is 5.92 Å². The Kier molecular flexibility index (Phi) is 5.76. The van der Waals surface area contributed by atoms with Crippen molar-refractivity contribution in [2.75, 3.05) is 10.6 Å². The lowest BCUT2D eigenvalue weighted by molar-refractivity contribution is 1.00. The maximum Gasteiger partial charge on any atom is 0.229 e. The van der Waals surface area contributed by atoms with E-state index in [1.54, 1.807) is 6.20 Å². The fourth-order valence-corrected chi connectivity index (χ4v) is 3.43. The molecule has 29 heavy (non-hydrogen) atoms. The molecule has 0 aliphatic heterocycles. The molecule has 1 aliphatic carbocycles. The van der Waals surface area contributed by atoms with E-state index < -0.39 is 0 Å². The molecule has 4 rings (SSSR count). The first-order valence-corrected chi connectivity index (χ1v) is 10.5. The lowest BCUT2D eigenvalue weighted by atomic mass is 10.1. The van der Waals surface area contributed by atoms with Gasteiger partial charge in [-0.15, -0.1) is 0 Å². The molecule has 0 unspecified atom stereocenters. The van der Waals surface area contributed by atoms with Gasteiger partial charge >= 0.3 is 0 Å². The number of hydrogen-bond acceptors (Lipinski definition) is 4. The molecule has 0 amide bonds. The van der Waals surface area contributed by atoms with Crippen molar-refractivity contribution in [3.8, 4) is 11.1 Å². The number of allylic oxidation sites excluding steroid dienone is 2. The molecule has 0 bridgehead atoms. The molecule has 2 N–H and O–H groups in total. The second-order valence-electron chi connectivity index (χ2n) is 7.27. The molecule has 2 aromatic carbocycles. The summed E-state index contributed by atoms with van der Waals surface area (Å²) < 4.78 is 0.793. The van der Waals surface area contributed by atoms with Gasteiger partial charge in [-0.2, -0.15) is 4.98 Å². The van der Waals surface area contributed by atoms with Crippen molar-refractivity contribution in [2.24, 2.45) is 5.92 Å². The third-order valence-corrected chi connectivity index (χ3v) is 5.47. The zero-order chi connectivity index (χ0) is 20.2. The standard InChI is InChI=1S/C24H23BrN4/c1-16(18-8-9-18)14-17(2)27-23-22(25)15-26-24(29-23)28-21-12-10-20(11-13-21)19-6-4-3-5-7-19/h3-7,10-15,18H,2,8-9H2,1H3,(H2,26,27,28,29)/b16-14+. The predicted molar refractivity (Wildman–Crippen MR) is 124 cm³/mol. The number of benzene rings is 2. The molecule has 1 fully saturated rings. The Morgan fingerprint density at radius 1 is 1.07 bits per heavy atom. The van der Waals surface area contributed by atoms with Crippen LogP contribution in [0.15, 0.2) is 89.2 Å². The van der Waals surface area contributed by atoms with Crippen LogP contribution in [0.2, 0.25) is 0 Å². The van der Waals surface area contributed by atoms with Crippen LogP contribution in [0.5, 0.6) is 0 Å². The molecule has 0 spiro atoms. The molecule has 5 heteroatoms. The normalized spacial score (nSPS) is 13.8. The SMILES string of the molecule is C=C(/C=C(\C)C1CC1)Nc1nc(Nc2ccc(-c3ccccc3)cc2)ncc1Br. The van der Waals surface area contributed by atoms with Crippen LogP contribution in [0.25, 0.3) is 11.1 Å². The molecule has 146 valence electrons. The van der Waals surface area contributed by atoms with Crippen molar-refractivity contribution in [3.05, 3.63) is 89.2 Å². The van der Waals surface area contributed by atoms with Gasteiger partial charge in [-0.05, 0) is 70.9 Å². The average Bonchev–Trinajstić information content (AvgIpc) is 3.57. The van der Waals surface area contributed by atoms with Crippen molar-refractivity contribution in [1.29, 1.82) is 0 Å². The van der Waals surface area contributed by atoms with Crippen molar-refractivity contribution in [1.82, 2.24) is 9.97 Å². The highest BCUT2D eigenvalue weighted by atomic mass is 79.9. The number of hydrogen-bond donors (Lipinski definition) is 2. The Balaban J connectivity index is 1.46. The summed E-state index contributed by atoms with van der Waals surface area (Å²) in [6.07, 6.45) is 6.40. The zero-order valence-electron chi connectivity index (χ0n) is 16.3. The van der Waals surface area contributed by atoms with Gasteiger partial charge in [-0.3, -0.25) is 0 Å². The van der Waals surface area contributed by atoms with E-state index in [-0.39, 0.29) is 0 Å². The molecular formula is C24H23BrN4. The molecular weight excluding hydrogens is 424 g/mol. The maximum absolute atomic E-state index is 4.59. The van der Waals surface area contributed by atoms with Gasteiger partial charge in [0.05, 0.1) is 4.47 Å². The van der Waals surface area contributed by atoms with Crippen molar-refractivity contribution < 1.29 is 0 Å². The Labute approximate surface area is 179 Å². The minimum atomic E-state index is 0.527. The van der Waals surface area contributed by atoms with Gasteiger partial charge in [0.25, 0.3) is 0 Å². The minimum Gasteiger partial charge on any atom is -0.340 e. The molecule has 4 nitrogen and oxygen atoms in total. The Bertz CT molecular complexity index is 1040. The summed E-state index contributed by atoms with van der Waals surface area (Å²) in [5.74, 6) is 1.94. The number of aromatic nitrogens is 2. The van der Waals surface area contributed by atoms with E-state index in [0.717, 1.165) is 21.8 Å². The molecule has 0 radical (unpaired) electrons. The summed E-state index contributed by atoms with van der Waals surface area (Å²) in [6, 6.07) is 18.5. The van der Waals surface area contributed by atoms with Crippen molar-refractivity contribution in [3.63, 3.8) is 0 Å². The molecule has 1 aromatic heterocycles. The highest BCUT2D eigenvalue weighted by Crippen LogP contribution is 2.36. The van der Waals surface area contributed by atoms with Crippen LogP contribution in [0.1, 0.15) is 19.8 Å². The lowest BCUT2D eigenvalue weighted by Crippen LogP contribution is -2.04. The second kappa shape index (κ2) is 8.62. The van der Waals surface area contributed by atoms with E-state index in [9.17, 15) is 0 Å². The quantitative estimate of drug-likeness (QED) is 0.386. The largest absolute Gasteiger partial charge is 0.340 e. The molecule has 0 saturated heterocycles. The van der Waals surface area contributed by atoms with E-state index in [1.165, 1.54) is 29.5 Å². The van der Waals surface area contributed by atoms with Crippen LogP contribution in [-0.4, -0.2) is 9.97 Å². The van der Waals surface area contributed by atoms with Crippen LogP contribution < -0.4 is 10.6 Å². The average molecular weight is 447 g/mol. The third kappa shape index (κ3) is 5.12. The fourth-order valence-electron chi connectivity index (χ4n) is 3.14. The van der Waals surface area contributed by atoms with Gasteiger partial charge < -0.3 is 10.6 Å². The van der Waals surface area contributed by atoms with E-state index in [0.29, 0.717) is 11.8 Å². The number of halogens is 1.